The van der Waals surface area contributed by atoms with Crippen LogP contribution in [0.1, 0.15) is 26.2 Å². The number of nitrogens with zero attached hydrogens (tertiary/aromatic N) is 6. The standard InChI is InChI=1S/C19H26N6O5S2/c1-2-24-18(22-10-12-30-13-11-22)20-21-19(24)31-17-7-6-15(14-16(17)25(26)27)32(28,29)23-8-4-3-5-9-23/h6-7,14H,2-5,8-13H2,1H3. The molecule has 174 valence electrons. The Bertz CT molecular complexity index is 1080. The lowest BCUT2D eigenvalue weighted by molar-refractivity contribution is -0.388. The molecule has 3 heterocycles. The number of hydrogen-bond acceptors (Lipinski definition) is 9. The van der Waals surface area contributed by atoms with Crippen molar-refractivity contribution in [3.63, 3.8) is 0 Å². The summed E-state index contributed by atoms with van der Waals surface area (Å²) < 4.78 is 34.6. The SMILES string of the molecule is CCn1c(Sc2ccc(S(=O)(=O)N3CCCCC3)cc2[N+](=O)[O-])nnc1N1CCOCC1. The highest BCUT2D eigenvalue weighted by Gasteiger charge is 2.29. The van der Waals surface area contributed by atoms with Crippen LogP contribution in [0.15, 0.2) is 33.1 Å². The number of rotatable bonds is 7. The second kappa shape index (κ2) is 9.73. The first-order valence-electron chi connectivity index (χ1n) is 10.6. The number of benzene rings is 1. The third-order valence-electron chi connectivity index (χ3n) is 5.59. The molecule has 0 radical (unpaired) electrons. The Labute approximate surface area is 190 Å². The van der Waals surface area contributed by atoms with Gasteiger partial charge in [0.15, 0.2) is 5.16 Å². The molecular formula is C19H26N6O5S2. The maximum absolute atomic E-state index is 13.0. The normalized spacial score (nSPS) is 18.1. The largest absolute Gasteiger partial charge is 0.378 e. The van der Waals surface area contributed by atoms with Gasteiger partial charge in [0.2, 0.25) is 16.0 Å². The van der Waals surface area contributed by atoms with Gasteiger partial charge in [0.05, 0.1) is 27.9 Å². The topological polar surface area (TPSA) is 124 Å². The van der Waals surface area contributed by atoms with E-state index in [4.69, 9.17) is 4.74 Å². The van der Waals surface area contributed by atoms with Crippen LogP contribution in [-0.4, -0.2) is 71.8 Å². The zero-order valence-electron chi connectivity index (χ0n) is 17.8. The molecule has 32 heavy (non-hydrogen) atoms. The molecule has 0 saturated carbocycles. The van der Waals surface area contributed by atoms with Crippen molar-refractivity contribution >= 4 is 33.4 Å². The lowest BCUT2D eigenvalue weighted by atomic mass is 10.2. The molecule has 2 aromatic rings. The summed E-state index contributed by atoms with van der Waals surface area (Å²) in [6, 6.07) is 4.08. The Morgan fingerprint density at radius 1 is 1.12 bits per heavy atom. The van der Waals surface area contributed by atoms with E-state index in [0.717, 1.165) is 37.1 Å². The number of hydrogen-bond donors (Lipinski definition) is 0. The van der Waals surface area contributed by atoms with Gasteiger partial charge in [-0.15, -0.1) is 10.2 Å². The summed E-state index contributed by atoms with van der Waals surface area (Å²) in [7, 11) is -3.76. The minimum Gasteiger partial charge on any atom is -0.378 e. The van der Waals surface area contributed by atoms with Gasteiger partial charge in [-0.1, -0.05) is 6.42 Å². The van der Waals surface area contributed by atoms with E-state index in [-0.39, 0.29) is 10.6 Å². The fourth-order valence-corrected chi connectivity index (χ4v) is 6.38. The number of anilines is 1. The van der Waals surface area contributed by atoms with Crippen LogP contribution in [0.25, 0.3) is 0 Å². The molecule has 0 spiro atoms. The van der Waals surface area contributed by atoms with Crippen LogP contribution in [0.5, 0.6) is 0 Å². The van der Waals surface area contributed by atoms with E-state index in [9.17, 15) is 18.5 Å². The number of ether oxygens (including phenoxy) is 1. The third-order valence-corrected chi connectivity index (χ3v) is 8.53. The van der Waals surface area contributed by atoms with E-state index in [2.05, 4.69) is 15.1 Å². The van der Waals surface area contributed by atoms with Crippen LogP contribution in [0.4, 0.5) is 11.6 Å². The first-order chi connectivity index (χ1) is 15.4. The molecule has 0 bridgehead atoms. The molecule has 2 saturated heterocycles. The highest BCUT2D eigenvalue weighted by atomic mass is 32.2. The number of nitro benzene ring substituents is 1. The van der Waals surface area contributed by atoms with E-state index in [1.807, 2.05) is 11.5 Å². The van der Waals surface area contributed by atoms with Gasteiger partial charge in [0.1, 0.15) is 0 Å². The second-order valence-electron chi connectivity index (χ2n) is 7.58. The van der Waals surface area contributed by atoms with Gasteiger partial charge in [0, 0.05) is 38.8 Å². The Hall–Kier alpha value is -2.22. The zero-order chi connectivity index (χ0) is 22.7. The van der Waals surface area contributed by atoms with Crippen LogP contribution in [0.2, 0.25) is 0 Å². The van der Waals surface area contributed by atoms with Crippen molar-refractivity contribution in [2.75, 3.05) is 44.3 Å². The van der Waals surface area contributed by atoms with Gasteiger partial charge in [-0.05, 0) is 43.7 Å². The van der Waals surface area contributed by atoms with Crippen LogP contribution >= 0.6 is 11.8 Å². The summed E-state index contributed by atoms with van der Waals surface area (Å²) in [4.78, 5) is 13.6. The van der Waals surface area contributed by atoms with Crippen molar-refractivity contribution < 1.29 is 18.1 Å². The molecule has 2 aliphatic heterocycles. The van der Waals surface area contributed by atoms with Gasteiger partial charge in [0.25, 0.3) is 5.69 Å². The predicted molar refractivity (Wildman–Crippen MR) is 119 cm³/mol. The Morgan fingerprint density at radius 2 is 1.84 bits per heavy atom. The van der Waals surface area contributed by atoms with E-state index in [1.165, 1.54) is 16.4 Å². The van der Waals surface area contributed by atoms with Gasteiger partial charge < -0.3 is 9.64 Å². The van der Waals surface area contributed by atoms with E-state index < -0.39 is 14.9 Å². The maximum atomic E-state index is 13.0. The summed E-state index contributed by atoms with van der Waals surface area (Å²) >= 11 is 1.11. The summed E-state index contributed by atoms with van der Waals surface area (Å²) in [6.45, 7) is 6.05. The zero-order valence-corrected chi connectivity index (χ0v) is 19.5. The lowest BCUT2D eigenvalue weighted by Gasteiger charge is -2.27. The van der Waals surface area contributed by atoms with Crippen LogP contribution < -0.4 is 4.90 Å². The van der Waals surface area contributed by atoms with Gasteiger partial charge >= 0.3 is 0 Å². The number of sulfonamides is 1. The van der Waals surface area contributed by atoms with Crippen molar-refractivity contribution in [2.24, 2.45) is 0 Å². The van der Waals surface area contributed by atoms with Crippen molar-refractivity contribution in [2.45, 2.75) is 47.7 Å². The molecule has 2 fully saturated rings. The minimum atomic E-state index is -3.76. The van der Waals surface area contributed by atoms with E-state index in [0.29, 0.717) is 61.9 Å². The lowest BCUT2D eigenvalue weighted by Crippen LogP contribution is -2.38. The average Bonchev–Trinajstić information content (AvgIpc) is 3.22. The molecule has 1 aromatic heterocycles. The number of nitro groups is 1. The van der Waals surface area contributed by atoms with Gasteiger partial charge in [-0.25, -0.2) is 8.42 Å². The summed E-state index contributed by atoms with van der Waals surface area (Å²) in [6.07, 6.45) is 2.59. The van der Waals surface area contributed by atoms with Crippen LogP contribution in [-0.2, 0) is 21.3 Å². The monoisotopic (exact) mass is 482 g/mol. The van der Waals surface area contributed by atoms with Crippen molar-refractivity contribution in [1.82, 2.24) is 19.1 Å². The van der Waals surface area contributed by atoms with Crippen LogP contribution in [0, 0.1) is 10.1 Å². The molecule has 1 aromatic carbocycles. The fraction of sp³-hybridized carbons (Fsp3) is 0.579. The predicted octanol–water partition coefficient (Wildman–Crippen LogP) is 2.37. The molecule has 0 atom stereocenters. The number of piperidine rings is 1. The summed E-state index contributed by atoms with van der Waals surface area (Å²) in [5.74, 6) is 0.699. The van der Waals surface area contributed by atoms with Gasteiger partial charge in [-0.3, -0.25) is 14.7 Å². The summed E-state index contributed by atoms with van der Waals surface area (Å²) in [5, 5.41) is 20.8. The second-order valence-corrected chi connectivity index (χ2v) is 10.5. The molecule has 11 nitrogen and oxygen atoms in total. The molecule has 4 rings (SSSR count). The smallest absolute Gasteiger partial charge is 0.284 e. The first kappa shape index (κ1) is 23.0. The number of aromatic nitrogens is 3. The van der Waals surface area contributed by atoms with Crippen molar-refractivity contribution in [1.29, 1.82) is 0 Å². The molecular weight excluding hydrogens is 456 g/mol. The Kier molecular flexibility index (Phi) is 6.98. The van der Waals surface area contributed by atoms with E-state index >= 15 is 0 Å². The Balaban J connectivity index is 1.63. The third kappa shape index (κ3) is 4.60. The van der Waals surface area contributed by atoms with Gasteiger partial charge in [-0.2, -0.15) is 4.31 Å². The summed E-state index contributed by atoms with van der Waals surface area (Å²) in [5.41, 5.74) is -0.258. The highest BCUT2D eigenvalue weighted by molar-refractivity contribution is 7.99. The highest BCUT2D eigenvalue weighted by Crippen LogP contribution is 2.37. The molecule has 0 aliphatic carbocycles. The molecule has 0 N–H and O–H groups in total. The van der Waals surface area contributed by atoms with E-state index in [1.54, 1.807) is 0 Å². The molecule has 0 amide bonds. The number of morpholine rings is 1. The van der Waals surface area contributed by atoms with Crippen molar-refractivity contribution in [3.05, 3.63) is 28.3 Å². The van der Waals surface area contributed by atoms with Crippen LogP contribution in [0.3, 0.4) is 0 Å². The quantitative estimate of drug-likeness (QED) is 0.432. The molecule has 13 heteroatoms. The van der Waals surface area contributed by atoms with Crippen molar-refractivity contribution in [3.8, 4) is 0 Å². The maximum Gasteiger partial charge on any atom is 0.284 e. The molecule has 2 aliphatic rings. The Morgan fingerprint density at radius 3 is 2.50 bits per heavy atom. The first-order valence-corrected chi connectivity index (χ1v) is 12.9. The fourth-order valence-electron chi connectivity index (χ4n) is 3.87. The average molecular weight is 483 g/mol. The minimum absolute atomic E-state index is 0.0542. The molecule has 0 unspecified atom stereocenters.